The summed E-state index contributed by atoms with van der Waals surface area (Å²) in [7, 11) is 3.15. The monoisotopic (exact) mass is 399 g/mol. The van der Waals surface area contributed by atoms with E-state index in [0.717, 1.165) is 31.9 Å². The lowest BCUT2D eigenvalue weighted by molar-refractivity contribution is -0.107. The van der Waals surface area contributed by atoms with Gasteiger partial charge in [-0.2, -0.15) is 0 Å². The lowest BCUT2D eigenvalue weighted by Crippen LogP contribution is -1.93. The van der Waals surface area contributed by atoms with E-state index in [-0.39, 0.29) is 5.12 Å². The van der Waals surface area contributed by atoms with Crippen molar-refractivity contribution in [2.75, 3.05) is 20.0 Å². The number of halogens is 1. The average Bonchev–Trinajstić information content (AvgIpc) is 2.86. The standard InChI is InChI=1S/C15H14BrNO3S2/c1-4-5-21-15-17-11(14(18)22-15)6-9-7-12(19-2)13(20-3)8-10(9)16/h4,6-8H,1,5H2,2-3H3. The third kappa shape index (κ3) is 3.97. The number of carbonyl (C=O) groups is 1. The highest BCUT2D eigenvalue weighted by Crippen LogP contribution is 2.36. The Hall–Kier alpha value is -1.18. The summed E-state index contributed by atoms with van der Waals surface area (Å²) >= 11 is 6.11. The summed E-state index contributed by atoms with van der Waals surface area (Å²) in [5, 5.41) is -0.0618. The molecular weight excluding hydrogens is 386 g/mol. The van der Waals surface area contributed by atoms with E-state index in [2.05, 4.69) is 27.5 Å². The van der Waals surface area contributed by atoms with Gasteiger partial charge < -0.3 is 9.47 Å². The molecule has 7 heteroatoms. The molecule has 0 saturated heterocycles. The van der Waals surface area contributed by atoms with Gasteiger partial charge in [0.1, 0.15) is 10.1 Å². The molecule has 0 atom stereocenters. The summed E-state index contributed by atoms with van der Waals surface area (Å²) in [4.78, 5) is 16.4. The van der Waals surface area contributed by atoms with Crippen molar-refractivity contribution in [1.29, 1.82) is 0 Å². The second-order valence-corrected chi connectivity index (χ2v) is 7.21. The number of aliphatic imine (C=N–C) groups is 1. The van der Waals surface area contributed by atoms with E-state index in [0.29, 0.717) is 17.2 Å². The number of hydrogen-bond donors (Lipinski definition) is 0. The van der Waals surface area contributed by atoms with Crippen LogP contribution in [0.1, 0.15) is 5.56 Å². The molecule has 0 bridgehead atoms. The Labute approximate surface area is 146 Å². The van der Waals surface area contributed by atoms with Crippen molar-refractivity contribution in [3.63, 3.8) is 0 Å². The second kappa shape index (κ2) is 7.89. The van der Waals surface area contributed by atoms with Crippen molar-refractivity contribution in [2.45, 2.75) is 0 Å². The maximum Gasteiger partial charge on any atom is 0.244 e. The maximum absolute atomic E-state index is 12.0. The number of thioether (sulfide) groups is 2. The minimum Gasteiger partial charge on any atom is -0.493 e. The van der Waals surface area contributed by atoms with Gasteiger partial charge in [-0.05, 0) is 35.5 Å². The van der Waals surface area contributed by atoms with Crippen LogP contribution in [0.4, 0.5) is 0 Å². The first kappa shape index (κ1) is 17.2. The van der Waals surface area contributed by atoms with Crippen molar-refractivity contribution in [3.05, 3.63) is 40.5 Å². The van der Waals surface area contributed by atoms with Crippen molar-refractivity contribution in [1.82, 2.24) is 0 Å². The number of methoxy groups -OCH3 is 2. The van der Waals surface area contributed by atoms with Crippen LogP contribution in [-0.4, -0.2) is 29.5 Å². The summed E-state index contributed by atoms with van der Waals surface area (Å²) < 4.78 is 12.1. The molecule has 2 rings (SSSR count). The highest BCUT2D eigenvalue weighted by Gasteiger charge is 2.22. The van der Waals surface area contributed by atoms with Gasteiger partial charge in [-0.3, -0.25) is 4.79 Å². The van der Waals surface area contributed by atoms with Gasteiger partial charge in [0.05, 0.1) is 14.2 Å². The summed E-state index contributed by atoms with van der Waals surface area (Å²) in [6, 6.07) is 3.60. The summed E-state index contributed by atoms with van der Waals surface area (Å²) in [6.07, 6.45) is 3.52. The highest BCUT2D eigenvalue weighted by atomic mass is 79.9. The van der Waals surface area contributed by atoms with Gasteiger partial charge in [0.2, 0.25) is 5.12 Å². The molecule has 1 aromatic rings. The van der Waals surface area contributed by atoms with Gasteiger partial charge in [0.25, 0.3) is 0 Å². The van der Waals surface area contributed by atoms with Crippen LogP contribution in [0.15, 0.2) is 39.9 Å². The molecular formula is C15H14BrNO3S2. The molecule has 0 saturated carbocycles. The maximum atomic E-state index is 12.0. The number of ether oxygens (including phenoxy) is 2. The minimum absolute atomic E-state index is 0.0618. The first-order valence-corrected chi connectivity index (χ1v) is 8.86. The molecule has 0 aromatic heterocycles. The highest BCUT2D eigenvalue weighted by molar-refractivity contribution is 9.10. The zero-order chi connectivity index (χ0) is 16.1. The van der Waals surface area contributed by atoms with Crippen molar-refractivity contribution >= 4 is 55.0 Å². The zero-order valence-electron chi connectivity index (χ0n) is 12.1. The van der Waals surface area contributed by atoms with E-state index in [1.165, 1.54) is 11.8 Å². The SMILES string of the molecule is C=CCSC1=NC(=Cc2cc(OC)c(OC)cc2Br)C(=O)S1. The molecule has 1 aliphatic rings. The number of hydrogen-bond acceptors (Lipinski definition) is 6. The van der Waals surface area contributed by atoms with Crippen LogP contribution in [0.5, 0.6) is 11.5 Å². The van der Waals surface area contributed by atoms with Gasteiger partial charge in [0, 0.05) is 10.2 Å². The lowest BCUT2D eigenvalue weighted by atomic mass is 10.1. The Morgan fingerprint density at radius 3 is 2.68 bits per heavy atom. The summed E-state index contributed by atoms with van der Waals surface area (Å²) in [5.41, 5.74) is 1.23. The number of rotatable bonds is 5. The lowest BCUT2D eigenvalue weighted by Gasteiger charge is -2.09. The smallest absolute Gasteiger partial charge is 0.244 e. The molecule has 1 aromatic carbocycles. The Balaban J connectivity index is 2.34. The molecule has 4 nitrogen and oxygen atoms in total. The number of benzene rings is 1. The summed E-state index contributed by atoms with van der Waals surface area (Å²) in [5.74, 6) is 1.95. The van der Waals surface area contributed by atoms with Gasteiger partial charge in [-0.15, -0.1) is 6.58 Å². The molecule has 1 aliphatic heterocycles. The zero-order valence-corrected chi connectivity index (χ0v) is 15.3. The third-order valence-corrected chi connectivity index (χ3v) is 5.41. The minimum atomic E-state index is -0.0618. The third-order valence-electron chi connectivity index (χ3n) is 2.72. The predicted octanol–water partition coefficient (Wildman–Crippen LogP) is 4.36. The fourth-order valence-electron chi connectivity index (χ4n) is 1.71. The predicted molar refractivity (Wildman–Crippen MR) is 97.9 cm³/mol. The van der Waals surface area contributed by atoms with Gasteiger partial charge in [0.15, 0.2) is 11.5 Å². The molecule has 0 N–H and O–H groups in total. The molecule has 1 heterocycles. The topological polar surface area (TPSA) is 47.9 Å². The Morgan fingerprint density at radius 2 is 2.05 bits per heavy atom. The second-order valence-electron chi connectivity index (χ2n) is 4.13. The van der Waals surface area contributed by atoms with Crippen LogP contribution >= 0.6 is 39.5 Å². The molecule has 0 spiro atoms. The molecule has 0 unspecified atom stereocenters. The molecule has 0 fully saturated rings. The van der Waals surface area contributed by atoms with Crippen LogP contribution in [0.2, 0.25) is 0 Å². The van der Waals surface area contributed by atoms with Crippen molar-refractivity contribution in [2.24, 2.45) is 4.99 Å². The van der Waals surface area contributed by atoms with E-state index in [1.807, 2.05) is 0 Å². The molecule has 0 radical (unpaired) electrons. The fraction of sp³-hybridized carbons (Fsp3) is 0.200. The Kier molecular flexibility index (Phi) is 6.16. The van der Waals surface area contributed by atoms with Crippen molar-refractivity contribution < 1.29 is 14.3 Å². The number of carbonyl (C=O) groups excluding carboxylic acids is 1. The normalized spacial score (nSPS) is 15.9. The average molecular weight is 400 g/mol. The Morgan fingerprint density at radius 1 is 1.36 bits per heavy atom. The van der Waals surface area contributed by atoms with Crippen LogP contribution in [0.25, 0.3) is 6.08 Å². The Bertz CT molecular complexity index is 671. The largest absolute Gasteiger partial charge is 0.493 e. The van der Waals surface area contributed by atoms with E-state index >= 15 is 0 Å². The van der Waals surface area contributed by atoms with E-state index < -0.39 is 0 Å². The first-order valence-electron chi connectivity index (χ1n) is 6.26. The molecule has 0 aliphatic carbocycles. The van der Waals surface area contributed by atoms with Gasteiger partial charge in [-0.25, -0.2) is 4.99 Å². The van der Waals surface area contributed by atoms with Gasteiger partial charge in [-0.1, -0.05) is 33.8 Å². The van der Waals surface area contributed by atoms with Crippen molar-refractivity contribution in [3.8, 4) is 11.5 Å². The number of nitrogens with zero attached hydrogens (tertiary/aromatic N) is 1. The molecule has 22 heavy (non-hydrogen) atoms. The fourth-order valence-corrected chi connectivity index (χ4v) is 3.75. The van der Waals surface area contributed by atoms with E-state index in [1.54, 1.807) is 38.5 Å². The van der Waals surface area contributed by atoms with Gasteiger partial charge >= 0.3 is 0 Å². The molecule has 0 amide bonds. The van der Waals surface area contributed by atoms with Crippen LogP contribution < -0.4 is 9.47 Å². The summed E-state index contributed by atoms with van der Waals surface area (Å²) in [6.45, 7) is 3.66. The van der Waals surface area contributed by atoms with Crippen LogP contribution in [0.3, 0.4) is 0 Å². The van der Waals surface area contributed by atoms with E-state index in [9.17, 15) is 4.79 Å². The van der Waals surface area contributed by atoms with Crippen LogP contribution in [-0.2, 0) is 4.79 Å². The quantitative estimate of drug-likeness (QED) is 0.543. The first-order chi connectivity index (χ1) is 10.6. The molecule has 116 valence electrons. The van der Waals surface area contributed by atoms with Crippen LogP contribution in [0, 0.1) is 0 Å². The van der Waals surface area contributed by atoms with E-state index in [4.69, 9.17) is 9.47 Å².